The minimum Gasteiger partial charge on any atom is -0.337 e. The number of carbonyl (C=O) groups is 1. The fourth-order valence-electron chi connectivity index (χ4n) is 1.96. The molecule has 7 nitrogen and oxygen atoms in total. The summed E-state index contributed by atoms with van der Waals surface area (Å²) in [7, 11) is 0. The smallest absolute Gasteiger partial charge is 0.315 e. The average molecular weight is 334 g/mol. The molecule has 2 rings (SSSR count). The van der Waals surface area contributed by atoms with Crippen molar-refractivity contribution < 1.29 is 9.72 Å². The van der Waals surface area contributed by atoms with Crippen LogP contribution < -0.4 is 10.6 Å². The molecule has 2 N–H and O–H groups in total. The summed E-state index contributed by atoms with van der Waals surface area (Å²) in [6, 6.07) is 5.88. The molecule has 0 saturated heterocycles. The standard InChI is InChI=1S/C15H18N4O3S/c1-10(14-18-11(2)9-23-14)7-16-15(20)17-8-12-4-3-5-13(6-12)19(21)22/h3-6,9-10H,7-8H2,1-2H3,(H2,16,17,20)/t10-/m1/s1. The minimum absolute atomic E-state index is 0.0115. The van der Waals surface area contributed by atoms with Gasteiger partial charge in [-0.2, -0.15) is 0 Å². The first-order valence-electron chi connectivity index (χ1n) is 7.12. The molecule has 0 aliphatic heterocycles. The number of rotatable bonds is 6. The Morgan fingerprint density at radius 2 is 2.22 bits per heavy atom. The Labute approximate surface area is 137 Å². The predicted molar refractivity (Wildman–Crippen MR) is 88.6 cm³/mol. The lowest BCUT2D eigenvalue weighted by molar-refractivity contribution is -0.384. The zero-order valence-corrected chi connectivity index (χ0v) is 13.7. The van der Waals surface area contributed by atoms with Crippen LogP contribution in [0, 0.1) is 17.0 Å². The third-order valence-corrected chi connectivity index (χ3v) is 4.40. The van der Waals surface area contributed by atoms with E-state index in [1.54, 1.807) is 23.5 Å². The molecule has 1 aromatic heterocycles. The number of hydrogen-bond donors (Lipinski definition) is 2. The Balaban J connectivity index is 1.79. The average Bonchev–Trinajstić information content (AvgIpc) is 2.97. The number of aromatic nitrogens is 1. The Morgan fingerprint density at radius 3 is 2.87 bits per heavy atom. The fraction of sp³-hybridized carbons (Fsp3) is 0.333. The summed E-state index contributed by atoms with van der Waals surface area (Å²) in [5.74, 6) is 0.136. The van der Waals surface area contributed by atoms with Crippen LogP contribution in [0.15, 0.2) is 29.6 Å². The molecular weight excluding hydrogens is 316 g/mol. The van der Waals surface area contributed by atoms with Gasteiger partial charge in [0.05, 0.1) is 9.93 Å². The molecular formula is C15H18N4O3S. The number of non-ortho nitro benzene ring substituents is 1. The van der Waals surface area contributed by atoms with Gasteiger partial charge in [0.1, 0.15) is 0 Å². The predicted octanol–water partition coefficient (Wildman–Crippen LogP) is 2.96. The van der Waals surface area contributed by atoms with Crippen LogP contribution in [0.1, 0.15) is 29.1 Å². The quantitative estimate of drug-likeness (QED) is 0.627. The molecule has 0 aliphatic carbocycles. The highest BCUT2D eigenvalue weighted by Gasteiger charge is 2.11. The third-order valence-electron chi connectivity index (χ3n) is 3.20. The molecule has 8 heteroatoms. The summed E-state index contributed by atoms with van der Waals surface area (Å²) >= 11 is 1.58. The van der Waals surface area contributed by atoms with Gasteiger partial charge in [-0.1, -0.05) is 19.1 Å². The third kappa shape index (κ3) is 5.03. The van der Waals surface area contributed by atoms with Crippen molar-refractivity contribution in [3.05, 3.63) is 56.0 Å². The van der Waals surface area contributed by atoms with Gasteiger partial charge in [-0.05, 0) is 12.5 Å². The lowest BCUT2D eigenvalue weighted by Gasteiger charge is -2.11. The molecule has 23 heavy (non-hydrogen) atoms. The van der Waals surface area contributed by atoms with Crippen molar-refractivity contribution >= 4 is 23.1 Å². The molecule has 0 aliphatic rings. The Kier molecular flexibility index (Phi) is 5.64. The number of nitrogens with one attached hydrogen (secondary N) is 2. The number of nitro groups is 1. The van der Waals surface area contributed by atoms with Crippen LogP contribution in [-0.4, -0.2) is 22.5 Å². The van der Waals surface area contributed by atoms with E-state index in [0.717, 1.165) is 10.7 Å². The Bertz CT molecular complexity index is 702. The van der Waals surface area contributed by atoms with Gasteiger partial charge in [-0.25, -0.2) is 9.78 Å². The molecule has 0 bridgehead atoms. The van der Waals surface area contributed by atoms with E-state index >= 15 is 0 Å². The van der Waals surface area contributed by atoms with Crippen molar-refractivity contribution in [2.45, 2.75) is 26.3 Å². The van der Waals surface area contributed by atoms with Gasteiger partial charge in [0, 0.05) is 42.2 Å². The van der Waals surface area contributed by atoms with E-state index in [1.165, 1.54) is 12.1 Å². The van der Waals surface area contributed by atoms with Gasteiger partial charge in [-0.3, -0.25) is 10.1 Å². The zero-order valence-electron chi connectivity index (χ0n) is 12.9. The molecule has 2 amide bonds. The maximum Gasteiger partial charge on any atom is 0.315 e. The molecule has 1 aromatic carbocycles. The summed E-state index contributed by atoms with van der Waals surface area (Å²) in [6.45, 7) is 4.65. The number of aryl methyl sites for hydroxylation is 1. The van der Waals surface area contributed by atoms with Crippen LogP contribution in [0.25, 0.3) is 0 Å². The molecule has 0 unspecified atom stereocenters. The van der Waals surface area contributed by atoms with Gasteiger partial charge < -0.3 is 10.6 Å². The molecule has 0 spiro atoms. The number of hydrogen-bond acceptors (Lipinski definition) is 5. The number of nitro benzene ring substituents is 1. The Morgan fingerprint density at radius 1 is 1.43 bits per heavy atom. The van der Waals surface area contributed by atoms with E-state index in [1.807, 2.05) is 19.2 Å². The van der Waals surface area contributed by atoms with Crippen molar-refractivity contribution in [2.75, 3.05) is 6.54 Å². The van der Waals surface area contributed by atoms with E-state index in [-0.39, 0.29) is 24.2 Å². The van der Waals surface area contributed by atoms with Gasteiger partial charge >= 0.3 is 6.03 Å². The Hall–Kier alpha value is -2.48. The van der Waals surface area contributed by atoms with Gasteiger partial charge in [0.2, 0.25) is 0 Å². The molecule has 0 radical (unpaired) electrons. The normalized spacial score (nSPS) is 11.7. The molecule has 122 valence electrons. The summed E-state index contributed by atoms with van der Waals surface area (Å²) in [4.78, 5) is 26.4. The van der Waals surface area contributed by atoms with Crippen LogP contribution in [0.2, 0.25) is 0 Å². The van der Waals surface area contributed by atoms with Gasteiger partial charge in [-0.15, -0.1) is 11.3 Å². The molecule has 2 aromatic rings. The first-order chi connectivity index (χ1) is 11.0. The van der Waals surface area contributed by atoms with E-state index in [2.05, 4.69) is 15.6 Å². The van der Waals surface area contributed by atoms with E-state index < -0.39 is 4.92 Å². The van der Waals surface area contributed by atoms with Crippen molar-refractivity contribution in [2.24, 2.45) is 0 Å². The fourth-order valence-corrected chi connectivity index (χ4v) is 2.81. The summed E-state index contributed by atoms with van der Waals surface area (Å²) < 4.78 is 0. The van der Waals surface area contributed by atoms with Crippen LogP contribution >= 0.6 is 11.3 Å². The highest BCUT2D eigenvalue weighted by atomic mass is 32.1. The number of nitrogens with zero attached hydrogens (tertiary/aromatic N) is 2. The molecule has 1 atom stereocenters. The summed E-state index contributed by atoms with van der Waals surface area (Å²) in [5, 5.41) is 19.1. The first kappa shape index (κ1) is 16.9. The van der Waals surface area contributed by atoms with Crippen molar-refractivity contribution in [1.82, 2.24) is 15.6 Å². The monoisotopic (exact) mass is 334 g/mol. The van der Waals surface area contributed by atoms with Crippen molar-refractivity contribution in [1.29, 1.82) is 0 Å². The highest BCUT2D eigenvalue weighted by molar-refractivity contribution is 7.09. The molecule has 0 fully saturated rings. The number of benzene rings is 1. The van der Waals surface area contributed by atoms with Crippen molar-refractivity contribution in [3.63, 3.8) is 0 Å². The lowest BCUT2D eigenvalue weighted by atomic mass is 10.2. The second-order valence-corrected chi connectivity index (χ2v) is 6.11. The molecule has 0 saturated carbocycles. The number of urea groups is 1. The maximum atomic E-state index is 11.8. The summed E-state index contributed by atoms with van der Waals surface area (Å²) in [6.07, 6.45) is 0. The van der Waals surface area contributed by atoms with Gasteiger partial charge in [0.25, 0.3) is 5.69 Å². The SMILES string of the molecule is Cc1csc([C@H](C)CNC(=O)NCc2cccc([N+](=O)[O-])c2)n1. The number of amides is 2. The first-order valence-corrected chi connectivity index (χ1v) is 8.00. The van der Waals surface area contributed by atoms with E-state index in [0.29, 0.717) is 12.1 Å². The summed E-state index contributed by atoms with van der Waals surface area (Å²) in [5.41, 5.74) is 1.67. The topological polar surface area (TPSA) is 97.2 Å². The maximum absolute atomic E-state index is 11.8. The minimum atomic E-state index is -0.457. The lowest BCUT2D eigenvalue weighted by Crippen LogP contribution is -2.37. The van der Waals surface area contributed by atoms with Crippen LogP contribution in [-0.2, 0) is 6.54 Å². The van der Waals surface area contributed by atoms with Gasteiger partial charge in [0.15, 0.2) is 0 Å². The zero-order chi connectivity index (χ0) is 16.8. The van der Waals surface area contributed by atoms with Crippen LogP contribution in [0.3, 0.4) is 0 Å². The number of thiazole rings is 1. The van der Waals surface area contributed by atoms with Crippen molar-refractivity contribution in [3.8, 4) is 0 Å². The van der Waals surface area contributed by atoms with E-state index in [4.69, 9.17) is 0 Å². The largest absolute Gasteiger partial charge is 0.337 e. The molecule has 1 heterocycles. The van der Waals surface area contributed by atoms with Crippen LogP contribution in [0.4, 0.5) is 10.5 Å². The number of carbonyl (C=O) groups excluding carboxylic acids is 1. The second kappa shape index (κ2) is 7.68. The second-order valence-electron chi connectivity index (χ2n) is 5.22. The highest BCUT2D eigenvalue weighted by Crippen LogP contribution is 2.18. The van der Waals surface area contributed by atoms with E-state index in [9.17, 15) is 14.9 Å². The van der Waals surface area contributed by atoms with Crippen LogP contribution in [0.5, 0.6) is 0 Å².